The normalized spacial score (nSPS) is 13.1. The van der Waals surface area contributed by atoms with Crippen molar-refractivity contribution in [2.75, 3.05) is 0 Å². The van der Waals surface area contributed by atoms with E-state index in [4.69, 9.17) is 5.26 Å². The van der Waals surface area contributed by atoms with Crippen molar-refractivity contribution < 1.29 is 0 Å². The zero-order chi connectivity index (χ0) is 7.11. The molecule has 0 spiro atoms. The molecule has 0 radical (unpaired) electrons. The molecule has 48 valence electrons. The largest absolute Gasteiger partial charge is 0.322 e. The third-order valence-corrected chi connectivity index (χ3v) is 0.591. The van der Waals surface area contributed by atoms with E-state index >= 15 is 0 Å². The SMILES string of the molecule is C1=CC1.CC(C#N)=NN. The molecule has 0 unspecified atom stereocenters. The van der Waals surface area contributed by atoms with Crippen molar-refractivity contribution in [3.05, 3.63) is 12.2 Å². The predicted octanol–water partition coefficient (Wildman–Crippen LogP) is 0.791. The summed E-state index contributed by atoms with van der Waals surface area (Å²) < 4.78 is 0. The van der Waals surface area contributed by atoms with E-state index in [1.54, 1.807) is 13.0 Å². The van der Waals surface area contributed by atoms with E-state index in [1.165, 1.54) is 6.42 Å². The number of nitrogens with zero attached hydrogens (tertiary/aromatic N) is 2. The van der Waals surface area contributed by atoms with Crippen molar-refractivity contribution in [2.45, 2.75) is 13.3 Å². The van der Waals surface area contributed by atoms with Crippen molar-refractivity contribution in [1.29, 1.82) is 5.26 Å². The summed E-state index contributed by atoms with van der Waals surface area (Å²) in [7, 11) is 0. The quantitative estimate of drug-likeness (QED) is 0.224. The molecule has 3 nitrogen and oxygen atoms in total. The molecule has 0 saturated carbocycles. The summed E-state index contributed by atoms with van der Waals surface area (Å²) in [5.41, 5.74) is 0.301. The van der Waals surface area contributed by atoms with Crippen molar-refractivity contribution in [3.63, 3.8) is 0 Å². The Morgan fingerprint density at radius 1 is 1.78 bits per heavy atom. The van der Waals surface area contributed by atoms with Crippen LogP contribution in [0.25, 0.3) is 0 Å². The lowest BCUT2D eigenvalue weighted by Crippen LogP contribution is -1.89. The van der Waals surface area contributed by atoms with Gasteiger partial charge in [0.1, 0.15) is 11.8 Å². The molecule has 1 aliphatic rings. The van der Waals surface area contributed by atoms with E-state index in [0.29, 0.717) is 5.71 Å². The minimum atomic E-state index is 0.301. The second kappa shape index (κ2) is 4.85. The number of hydrogen-bond acceptors (Lipinski definition) is 3. The van der Waals surface area contributed by atoms with Crippen LogP contribution in [0.1, 0.15) is 13.3 Å². The topological polar surface area (TPSA) is 62.2 Å². The maximum atomic E-state index is 7.87. The Kier molecular flexibility index (Phi) is 4.15. The lowest BCUT2D eigenvalue weighted by atomic mass is 10.5. The van der Waals surface area contributed by atoms with E-state index < -0.39 is 0 Å². The van der Waals surface area contributed by atoms with Crippen molar-refractivity contribution in [1.82, 2.24) is 0 Å². The van der Waals surface area contributed by atoms with E-state index in [0.717, 1.165) is 0 Å². The molecule has 0 bridgehead atoms. The summed E-state index contributed by atoms with van der Waals surface area (Å²) in [4.78, 5) is 0. The molecule has 0 heterocycles. The lowest BCUT2D eigenvalue weighted by molar-refractivity contribution is 1.24. The highest BCUT2D eigenvalue weighted by Gasteiger charge is 1.75. The van der Waals surface area contributed by atoms with Crippen LogP contribution in [0.2, 0.25) is 0 Å². The molecule has 1 rings (SSSR count). The molecule has 0 saturated heterocycles. The van der Waals surface area contributed by atoms with Crippen LogP contribution in [-0.2, 0) is 0 Å². The molecular weight excluding hydrogens is 114 g/mol. The standard InChI is InChI=1S/C3H5N3.C3H4/c1-3(2-4)6-5;1-2-3-1/h5H2,1H3;1-2H,3H2. The molecule has 2 N–H and O–H groups in total. The van der Waals surface area contributed by atoms with Gasteiger partial charge in [-0.25, -0.2) is 0 Å². The lowest BCUT2D eigenvalue weighted by Gasteiger charge is -1.70. The molecule has 1 aliphatic carbocycles. The molecule has 0 aliphatic heterocycles. The van der Waals surface area contributed by atoms with E-state index in [2.05, 4.69) is 23.1 Å². The molecule has 0 atom stereocenters. The minimum Gasteiger partial charge on any atom is -0.322 e. The summed E-state index contributed by atoms with van der Waals surface area (Å²) in [6.07, 6.45) is 5.50. The van der Waals surface area contributed by atoms with Crippen LogP contribution in [0.4, 0.5) is 0 Å². The van der Waals surface area contributed by atoms with Crippen LogP contribution in [0, 0.1) is 11.3 Å². The van der Waals surface area contributed by atoms with Crippen LogP contribution in [0.15, 0.2) is 17.3 Å². The summed E-state index contributed by atoms with van der Waals surface area (Å²) in [6.45, 7) is 1.54. The van der Waals surface area contributed by atoms with E-state index in [1.807, 2.05) is 0 Å². The number of hydrogen-bond donors (Lipinski definition) is 1. The summed E-state index contributed by atoms with van der Waals surface area (Å²) >= 11 is 0. The molecule has 0 fully saturated rings. The minimum absolute atomic E-state index is 0.301. The molecule has 0 aromatic carbocycles. The van der Waals surface area contributed by atoms with Crippen LogP contribution in [-0.4, -0.2) is 5.71 Å². The Bertz CT molecular complexity index is 158. The fourth-order valence-electron chi connectivity index (χ4n) is 0.0289. The van der Waals surface area contributed by atoms with Gasteiger partial charge in [-0.3, -0.25) is 0 Å². The zero-order valence-corrected chi connectivity index (χ0v) is 5.33. The van der Waals surface area contributed by atoms with Gasteiger partial charge in [0.05, 0.1) is 0 Å². The van der Waals surface area contributed by atoms with Crippen LogP contribution in [0.3, 0.4) is 0 Å². The fourth-order valence-corrected chi connectivity index (χ4v) is 0.0289. The molecule has 0 amide bonds. The average molecular weight is 123 g/mol. The maximum absolute atomic E-state index is 7.87. The van der Waals surface area contributed by atoms with Crippen LogP contribution < -0.4 is 5.84 Å². The average Bonchev–Trinajstić information content (AvgIpc) is 2.70. The molecular formula is C6H9N3. The Labute approximate surface area is 54.5 Å². The highest BCUT2D eigenvalue weighted by molar-refractivity contribution is 5.95. The fraction of sp³-hybridized carbons (Fsp3) is 0.333. The predicted molar refractivity (Wildman–Crippen MR) is 36.7 cm³/mol. The van der Waals surface area contributed by atoms with Gasteiger partial charge in [-0.1, -0.05) is 12.2 Å². The number of nitriles is 1. The Morgan fingerprint density at radius 2 is 2.22 bits per heavy atom. The number of nitrogens with two attached hydrogens (primary N) is 1. The Hall–Kier alpha value is -1.30. The first-order valence-electron chi connectivity index (χ1n) is 2.61. The van der Waals surface area contributed by atoms with E-state index in [-0.39, 0.29) is 0 Å². The number of hydrazone groups is 1. The molecule has 0 aromatic rings. The van der Waals surface area contributed by atoms with Gasteiger partial charge in [0.2, 0.25) is 0 Å². The summed E-state index contributed by atoms with van der Waals surface area (Å²) in [5.74, 6) is 4.65. The summed E-state index contributed by atoms with van der Waals surface area (Å²) in [6, 6.07) is 1.74. The van der Waals surface area contributed by atoms with Crippen LogP contribution >= 0.6 is 0 Å². The van der Waals surface area contributed by atoms with Gasteiger partial charge in [0.15, 0.2) is 0 Å². The monoisotopic (exact) mass is 123 g/mol. The van der Waals surface area contributed by atoms with Gasteiger partial charge in [0.25, 0.3) is 0 Å². The highest BCUT2D eigenvalue weighted by Crippen LogP contribution is 1.96. The summed E-state index contributed by atoms with van der Waals surface area (Å²) in [5, 5.41) is 10.9. The first kappa shape index (κ1) is 7.70. The highest BCUT2D eigenvalue weighted by atomic mass is 15.1. The first-order chi connectivity index (χ1) is 4.31. The first-order valence-corrected chi connectivity index (χ1v) is 2.61. The third-order valence-electron chi connectivity index (χ3n) is 0.591. The molecule has 3 heteroatoms. The van der Waals surface area contributed by atoms with E-state index in [9.17, 15) is 0 Å². The second-order valence-corrected chi connectivity index (χ2v) is 1.53. The molecule has 0 aromatic heterocycles. The second-order valence-electron chi connectivity index (χ2n) is 1.53. The number of allylic oxidation sites excluding steroid dienone is 2. The Morgan fingerprint density at radius 3 is 2.22 bits per heavy atom. The zero-order valence-electron chi connectivity index (χ0n) is 5.33. The maximum Gasteiger partial charge on any atom is 0.134 e. The Balaban J connectivity index is 0.000000173. The van der Waals surface area contributed by atoms with Gasteiger partial charge in [-0.15, -0.1) is 0 Å². The van der Waals surface area contributed by atoms with Gasteiger partial charge >= 0.3 is 0 Å². The third kappa shape index (κ3) is 10.8. The van der Waals surface area contributed by atoms with Gasteiger partial charge < -0.3 is 5.84 Å². The van der Waals surface area contributed by atoms with Gasteiger partial charge in [0, 0.05) is 0 Å². The number of rotatable bonds is 0. The smallest absolute Gasteiger partial charge is 0.134 e. The molecule has 9 heavy (non-hydrogen) atoms. The van der Waals surface area contributed by atoms with Crippen molar-refractivity contribution >= 4 is 5.71 Å². The van der Waals surface area contributed by atoms with Crippen molar-refractivity contribution in [3.8, 4) is 6.07 Å². The van der Waals surface area contributed by atoms with Crippen LogP contribution in [0.5, 0.6) is 0 Å². The van der Waals surface area contributed by atoms with Crippen molar-refractivity contribution in [2.24, 2.45) is 10.9 Å². The van der Waals surface area contributed by atoms with Gasteiger partial charge in [-0.05, 0) is 13.3 Å². The van der Waals surface area contributed by atoms with Gasteiger partial charge in [-0.2, -0.15) is 10.4 Å².